The zero-order chi connectivity index (χ0) is 2.00. The molecule has 29 valence electrons. The maximum absolute atomic E-state index is 8.19. The molecule has 0 spiro atoms. The van der Waals surface area contributed by atoms with E-state index in [1.807, 2.05) is 0 Å². The standard InChI is InChI=1S/Ag.Au.Li.O. The molecular weight excluding hydrogens is 328 g/mol. The van der Waals surface area contributed by atoms with Gasteiger partial charge in [-0.25, -0.2) is 0 Å². The Morgan fingerprint density at radius 1 is 1.25 bits per heavy atom. The average Bonchev–Trinajstić information content (AvgIpc) is 1.00. The fourth-order valence-electron chi connectivity index (χ4n) is 0. The summed E-state index contributed by atoms with van der Waals surface area (Å²) in [5, 5.41) is 0. The van der Waals surface area contributed by atoms with Gasteiger partial charge in [0.05, 0.1) is 0 Å². The molecule has 0 aliphatic rings. The van der Waals surface area contributed by atoms with Gasteiger partial charge in [0.2, 0.25) is 0 Å². The Bertz CT molecular complexity index is 8.00. The topological polar surface area (TPSA) is 17.1 Å². The molecule has 4 heteroatoms. The van der Waals surface area contributed by atoms with Gasteiger partial charge < -0.3 is 0 Å². The van der Waals surface area contributed by atoms with E-state index < -0.39 is 0 Å². The van der Waals surface area contributed by atoms with Crippen LogP contribution in [0.25, 0.3) is 0 Å². The SMILES string of the molecule is [Ag].[Li].[O]=[Au]. The molecule has 0 fully saturated rings. The second kappa shape index (κ2) is 20.8. The van der Waals surface area contributed by atoms with Crippen LogP contribution in [0, 0.1) is 0 Å². The molecule has 0 unspecified atom stereocenters. The van der Waals surface area contributed by atoms with Gasteiger partial charge in [-0.05, 0) is 0 Å². The third kappa shape index (κ3) is 9.11. The predicted octanol–water partition coefficient (Wildman–Crippen LogP) is -0.505. The monoisotopic (exact) mass is 327 g/mol. The van der Waals surface area contributed by atoms with Gasteiger partial charge in [-0.2, -0.15) is 0 Å². The molecule has 0 atom stereocenters. The minimum absolute atomic E-state index is 0. The number of hydrogen-bond acceptors (Lipinski definition) is 1. The van der Waals surface area contributed by atoms with Crippen molar-refractivity contribution in [1.29, 1.82) is 0 Å². The molecule has 0 aromatic carbocycles. The van der Waals surface area contributed by atoms with E-state index in [1.165, 1.54) is 0 Å². The van der Waals surface area contributed by atoms with E-state index in [1.54, 1.807) is 0 Å². The van der Waals surface area contributed by atoms with Gasteiger partial charge in [-0.1, -0.05) is 0 Å². The van der Waals surface area contributed by atoms with Gasteiger partial charge in [0, 0.05) is 41.2 Å². The molecule has 0 heterocycles. The van der Waals surface area contributed by atoms with Crippen molar-refractivity contribution in [3.8, 4) is 0 Å². The molecule has 0 aliphatic carbocycles. The molecule has 0 rings (SSSR count). The van der Waals surface area contributed by atoms with Gasteiger partial charge in [0.25, 0.3) is 0 Å². The van der Waals surface area contributed by atoms with Crippen LogP contribution >= 0.6 is 0 Å². The summed E-state index contributed by atoms with van der Waals surface area (Å²) in [4.78, 5) is 0. The van der Waals surface area contributed by atoms with Gasteiger partial charge in [0.1, 0.15) is 0 Å². The fourth-order valence-corrected chi connectivity index (χ4v) is 0. The maximum atomic E-state index is 8.19. The Morgan fingerprint density at radius 3 is 1.25 bits per heavy atom. The molecule has 0 saturated heterocycles. The summed E-state index contributed by atoms with van der Waals surface area (Å²) in [6.07, 6.45) is 0. The molecule has 2 radical (unpaired) electrons. The van der Waals surface area contributed by atoms with E-state index in [0.29, 0.717) is 0 Å². The summed E-state index contributed by atoms with van der Waals surface area (Å²) in [6, 6.07) is 0. The Kier molecular flexibility index (Phi) is 87.8. The Morgan fingerprint density at radius 2 is 1.25 bits per heavy atom. The van der Waals surface area contributed by atoms with Crippen LogP contribution in [0.4, 0.5) is 0 Å². The van der Waals surface area contributed by atoms with E-state index in [4.69, 9.17) is 3.25 Å². The average molecular weight is 328 g/mol. The summed E-state index contributed by atoms with van der Waals surface area (Å²) < 4.78 is 8.19. The second-order valence-corrected chi connectivity index (χ2v) is 0. The molecule has 4 heavy (non-hydrogen) atoms. The molecule has 1 nitrogen and oxygen atoms in total. The van der Waals surface area contributed by atoms with E-state index in [-0.39, 0.29) is 41.2 Å². The Labute approximate surface area is 64.8 Å². The molecule has 0 aliphatic heterocycles. The van der Waals surface area contributed by atoms with Crippen molar-refractivity contribution in [2.24, 2.45) is 0 Å². The van der Waals surface area contributed by atoms with Crippen molar-refractivity contribution in [2.45, 2.75) is 0 Å². The Hall–Kier alpha value is 1.88. The van der Waals surface area contributed by atoms with E-state index in [0.717, 1.165) is 21.0 Å². The van der Waals surface area contributed by atoms with Crippen LogP contribution in [-0.2, 0) is 46.7 Å². The van der Waals surface area contributed by atoms with E-state index in [2.05, 4.69) is 0 Å². The second-order valence-electron chi connectivity index (χ2n) is 0. The first kappa shape index (κ1) is 16.9. The quantitative estimate of drug-likeness (QED) is 0.548. The summed E-state index contributed by atoms with van der Waals surface area (Å²) in [6.45, 7) is 0. The molecule has 0 amide bonds. The third-order valence-corrected chi connectivity index (χ3v) is 0. The molecule has 0 aromatic rings. The van der Waals surface area contributed by atoms with Crippen molar-refractivity contribution in [1.82, 2.24) is 0 Å². The minimum atomic E-state index is 0. The molecule has 0 aromatic heterocycles. The zero-order valence-corrected chi connectivity index (χ0v) is 5.66. The zero-order valence-electron chi connectivity index (χ0n) is 2.01. The van der Waals surface area contributed by atoms with Crippen LogP contribution in [0.5, 0.6) is 0 Å². The molecule has 0 saturated carbocycles. The number of rotatable bonds is 0. The van der Waals surface area contributed by atoms with Gasteiger partial charge in [-0.15, -0.1) is 0 Å². The predicted molar refractivity (Wildman–Crippen MR) is 6.44 cm³/mol. The Balaban J connectivity index is -0.00000000500. The summed E-state index contributed by atoms with van der Waals surface area (Å²) >= 11 is 1.03. The summed E-state index contributed by atoms with van der Waals surface area (Å²) in [7, 11) is 0. The fraction of sp³-hybridized carbons (Fsp3) is 0. The molecular formula is AgAuLiO. The normalized spacial score (nSPS) is 1.50. The van der Waals surface area contributed by atoms with E-state index in [9.17, 15) is 0 Å². The van der Waals surface area contributed by atoms with Gasteiger partial charge >= 0.3 is 24.3 Å². The van der Waals surface area contributed by atoms with E-state index >= 15 is 0 Å². The van der Waals surface area contributed by atoms with Crippen LogP contribution in [-0.4, -0.2) is 18.9 Å². The summed E-state index contributed by atoms with van der Waals surface area (Å²) in [5.74, 6) is 0. The van der Waals surface area contributed by atoms with Crippen molar-refractivity contribution in [2.75, 3.05) is 0 Å². The molecule has 0 bridgehead atoms. The molecule has 0 N–H and O–H groups in total. The van der Waals surface area contributed by atoms with Crippen molar-refractivity contribution >= 4 is 18.9 Å². The summed E-state index contributed by atoms with van der Waals surface area (Å²) in [5.41, 5.74) is 0. The van der Waals surface area contributed by atoms with Crippen LogP contribution in [0.2, 0.25) is 0 Å². The van der Waals surface area contributed by atoms with Crippen LogP contribution in [0.3, 0.4) is 0 Å². The van der Waals surface area contributed by atoms with Crippen LogP contribution in [0.1, 0.15) is 0 Å². The first-order chi connectivity index (χ1) is 1.00. The first-order valence-corrected chi connectivity index (χ1v) is 1.01. The van der Waals surface area contributed by atoms with Gasteiger partial charge in [0.15, 0.2) is 0 Å². The van der Waals surface area contributed by atoms with Gasteiger partial charge in [-0.3, -0.25) is 0 Å². The van der Waals surface area contributed by atoms with Crippen LogP contribution in [0.15, 0.2) is 0 Å². The first-order valence-electron chi connectivity index (χ1n) is 0.123. The van der Waals surface area contributed by atoms with Crippen molar-refractivity contribution in [3.63, 3.8) is 0 Å². The van der Waals surface area contributed by atoms with Crippen molar-refractivity contribution in [3.05, 3.63) is 0 Å². The van der Waals surface area contributed by atoms with Crippen molar-refractivity contribution < 1.29 is 46.7 Å². The number of hydrogen-bond donors (Lipinski definition) is 0. The van der Waals surface area contributed by atoms with Crippen LogP contribution < -0.4 is 0 Å². The third-order valence-electron chi connectivity index (χ3n) is 0.